The molecule has 94 valence electrons. The number of aromatic nitrogens is 1. The van der Waals surface area contributed by atoms with Gasteiger partial charge in [-0.3, -0.25) is 4.79 Å². The number of Topliss-reactive ketones (excluding diaryl/α,β-unsaturated/α-hetero) is 1. The Morgan fingerprint density at radius 3 is 2.94 bits per heavy atom. The highest BCUT2D eigenvalue weighted by molar-refractivity contribution is 5.91. The van der Waals surface area contributed by atoms with E-state index in [1.165, 1.54) is 13.3 Å². The summed E-state index contributed by atoms with van der Waals surface area (Å²) in [5, 5.41) is 3.77. The molecule has 1 fully saturated rings. The second-order valence-electron chi connectivity index (χ2n) is 5.18. The van der Waals surface area contributed by atoms with Crippen LogP contribution in [0.4, 0.5) is 0 Å². The van der Waals surface area contributed by atoms with Crippen molar-refractivity contribution >= 4 is 5.78 Å². The molecule has 1 saturated heterocycles. The molecule has 1 atom stereocenters. The van der Waals surface area contributed by atoms with Crippen LogP contribution >= 0.6 is 0 Å². The molecule has 1 aromatic rings. The van der Waals surface area contributed by atoms with Crippen molar-refractivity contribution in [3.8, 4) is 0 Å². The molecule has 1 aliphatic rings. The molecular formula is C13H20N2O2. The maximum Gasteiger partial charge on any atom is 0.181 e. The number of likely N-dealkylation sites (tertiary alicyclic amines) is 1. The molecule has 4 nitrogen and oxygen atoms in total. The van der Waals surface area contributed by atoms with Crippen LogP contribution in [0.2, 0.25) is 0 Å². The van der Waals surface area contributed by atoms with Gasteiger partial charge >= 0.3 is 0 Å². The van der Waals surface area contributed by atoms with Crippen LogP contribution < -0.4 is 0 Å². The quantitative estimate of drug-likeness (QED) is 0.751. The monoisotopic (exact) mass is 236 g/mol. The van der Waals surface area contributed by atoms with Gasteiger partial charge in [-0.2, -0.15) is 0 Å². The fraction of sp³-hybridized carbons (Fsp3) is 0.692. The molecular weight excluding hydrogens is 216 g/mol. The van der Waals surface area contributed by atoms with Crippen molar-refractivity contribution in [2.45, 2.75) is 39.7 Å². The van der Waals surface area contributed by atoms with Crippen molar-refractivity contribution in [1.82, 2.24) is 10.1 Å². The fourth-order valence-electron chi connectivity index (χ4n) is 2.36. The highest BCUT2D eigenvalue weighted by atomic mass is 16.5. The molecule has 0 amide bonds. The molecule has 0 bridgehead atoms. The lowest BCUT2D eigenvalue weighted by Gasteiger charge is -2.19. The Morgan fingerprint density at radius 1 is 1.65 bits per heavy atom. The Bertz CT molecular complexity index is 398. The lowest BCUT2D eigenvalue weighted by Crippen LogP contribution is -2.28. The number of carbonyl (C=O) groups is 1. The molecule has 1 aliphatic heterocycles. The molecule has 17 heavy (non-hydrogen) atoms. The molecule has 0 radical (unpaired) electrons. The van der Waals surface area contributed by atoms with Gasteiger partial charge < -0.3 is 9.42 Å². The predicted octanol–water partition coefficient (Wildman–Crippen LogP) is 2.15. The summed E-state index contributed by atoms with van der Waals surface area (Å²) in [4.78, 5) is 13.6. The van der Waals surface area contributed by atoms with E-state index in [0.29, 0.717) is 17.7 Å². The predicted molar refractivity (Wildman–Crippen MR) is 65.0 cm³/mol. The molecule has 0 N–H and O–H groups in total. The van der Waals surface area contributed by atoms with Crippen molar-refractivity contribution < 1.29 is 9.32 Å². The Morgan fingerprint density at radius 2 is 2.41 bits per heavy atom. The van der Waals surface area contributed by atoms with E-state index in [4.69, 9.17) is 4.52 Å². The lowest BCUT2D eigenvalue weighted by molar-refractivity contribution is 0.100. The van der Waals surface area contributed by atoms with E-state index in [1.54, 1.807) is 6.07 Å². The van der Waals surface area contributed by atoms with Crippen LogP contribution in [0.5, 0.6) is 0 Å². The highest BCUT2D eigenvalue weighted by Gasteiger charge is 2.25. The zero-order valence-electron chi connectivity index (χ0n) is 10.8. The summed E-state index contributed by atoms with van der Waals surface area (Å²) < 4.78 is 5.19. The van der Waals surface area contributed by atoms with Gasteiger partial charge in [0.05, 0.1) is 0 Å². The summed E-state index contributed by atoms with van der Waals surface area (Å²) in [5.74, 6) is 1.44. The standard InChI is InChI=1S/C13H20N2O2/c1-9(2)15-5-4-11(8-15)6-12-7-13(10(3)16)14-17-12/h7,9,11H,4-6,8H2,1-3H3. The van der Waals surface area contributed by atoms with Crippen molar-refractivity contribution in [2.75, 3.05) is 13.1 Å². The van der Waals surface area contributed by atoms with Gasteiger partial charge in [-0.05, 0) is 32.7 Å². The molecule has 1 unspecified atom stereocenters. The van der Waals surface area contributed by atoms with Crippen LogP contribution in [0.3, 0.4) is 0 Å². The average molecular weight is 236 g/mol. The van der Waals surface area contributed by atoms with Gasteiger partial charge in [0.2, 0.25) is 0 Å². The van der Waals surface area contributed by atoms with Gasteiger partial charge in [0.1, 0.15) is 11.5 Å². The van der Waals surface area contributed by atoms with Gasteiger partial charge in [-0.1, -0.05) is 5.16 Å². The third-order valence-corrected chi connectivity index (χ3v) is 3.46. The molecule has 2 rings (SSSR count). The number of rotatable bonds is 4. The van der Waals surface area contributed by atoms with Crippen LogP contribution in [0.25, 0.3) is 0 Å². The smallest absolute Gasteiger partial charge is 0.181 e. The normalized spacial score (nSPS) is 21.3. The van der Waals surface area contributed by atoms with E-state index in [2.05, 4.69) is 23.9 Å². The van der Waals surface area contributed by atoms with Gasteiger partial charge in [0.15, 0.2) is 5.78 Å². The Kier molecular flexibility index (Phi) is 3.62. The number of hydrogen-bond acceptors (Lipinski definition) is 4. The zero-order valence-corrected chi connectivity index (χ0v) is 10.8. The van der Waals surface area contributed by atoms with Crippen molar-refractivity contribution in [1.29, 1.82) is 0 Å². The van der Waals surface area contributed by atoms with E-state index in [1.807, 2.05) is 0 Å². The zero-order chi connectivity index (χ0) is 12.4. The summed E-state index contributed by atoms with van der Waals surface area (Å²) in [6.07, 6.45) is 2.10. The van der Waals surface area contributed by atoms with Crippen molar-refractivity contribution in [3.05, 3.63) is 17.5 Å². The highest BCUT2D eigenvalue weighted by Crippen LogP contribution is 2.22. The summed E-state index contributed by atoms with van der Waals surface area (Å²) >= 11 is 0. The second-order valence-corrected chi connectivity index (χ2v) is 5.18. The van der Waals surface area contributed by atoms with E-state index < -0.39 is 0 Å². The summed E-state index contributed by atoms with van der Waals surface area (Å²) in [6, 6.07) is 2.39. The minimum Gasteiger partial charge on any atom is -0.361 e. The van der Waals surface area contributed by atoms with Crippen LogP contribution in [0.15, 0.2) is 10.6 Å². The van der Waals surface area contributed by atoms with Crippen LogP contribution in [-0.2, 0) is 6.42 Å². The van der Waals surface area contributed by atoms with Gasteiger partial charge in [-0.15, -0.1) is 0 Å². The first-order valence-electron chi connectivity index (χ1n) is 6.27. The first-order chi connectivity index (χ1) is 8.06. The number of nitrogens with zero attached hydrogens (tertiary/aromatic N) is 2. The number of hydrogen-bond donors (Lipinski definition) is 0. The van der Waals surface area contributed by atoms with Gasteiger partial charge in [0, 0.05) is 32.0 Å². The van der Waals surface area contributed by atoms with Gasteiger partial charge in [0.25, 0.3) is 0 Å². The largest absolute Gasteiger partial charge is 0.361 e. The molecule has 0 aliphatic carbocycles. The molecule has 4 heteroatoms. The molecule has 0 aromatic carbocycles. The Balaban J connectivity index is 1.91. The second kappa shape index (κ2) is 5.00. The third-order valence-electron chi connectivity index (χ3n) is 3.46. The van der Waals surface area contributed by atoms with Crippen LogP contribution in [-0.4, -0.2) is 35.0 Å². The Labute approximate surface area is 102 Å². The fourth-order valence-corrected chi connectivity index (χ4v) is 2.36. The summed E-state index contributed by atoms with van der Waals surface area (Å²) in [6.45, 7) is 8.25. The third kappa shape index (κ3) is 2.94. The average Bonchev–Trinajstić information content (AvgIpc) is 2.87. The summed E-state index contributed by atoms with van der Waals surface area (Å²) in [5.41, 5.74) is 0.443. The lowest BCUT2D eigenvalue weighted by atomic mass is 10.0. The number of carbonyl (C=O) groups excluding carboxylic acids is 1. The van der Waals surface area contributed by atoms with E-state index in [0.717, 1.165) is 25.3 Å². The maximum absolute atomic E-state index is 11.1. The molecule has 2 heterocycles. The first-order valence-corrected chi connectivity index (χ1v) is 6.27. The SMILES string of the molecule is CC(=O)c1cc(CC2CCN(C(C)C)C2)on1. The topological polar surface area (TPSA) is 46.3 Å². The van der Waals surface area contributed by atoms with Gasteiger partial charge in [-0.25, -0.2) is 0 Å². The van der Waals surface area contributed by atoms with Crippen LogP contribution in [0.1, 0.15) is 43.4 Å². The van der Waals surface area contributed by atoms with Crippen molar-refractivity contribution in [3.63, 3.8) is 0 Å². The van der Waals surface area contributed by atoms with E-state index in [9.17, 15) is 4.79 Å². The first kappa shape index (κ1) is 12.3. The Hall–Kier alpha value is -1.16. The molecule has 1 aromatic heterocycles. The maximum atomic E-state index is 11.1. The minimum absolute atomic E-state index is 0.0322. The minimum atomic E-state index is -0.0322. The van der Waals surface area contributed by atoms with E-state index in [-0.39, 0.29) is 5.78 Å². The summed E-state index contributed by atoms with van der Waals surface area (Å²) in [7, 11) is 0. The van der Waals surface area contributed by atoms with E-state index >= 15 is 0 Å². The molecule has 0 spiro atoms. The number of ketones is 1. The van der Waals surface area contributed by atoms with Crippen LogP contribution in [0, 0.1) is 5.92 Å². The molecule has 0 saturated carbocycles. The van der Waals surface area contributed by atoms with Crippen molar-refractivity contribution in [2.24, 2.45) is 5.92 Å².